The van der Waals surface area contributed by atoms with Crippen molar-refractivity contribution in [2.75, 3.05) is 37.4 Å². The third kappa shape index (κ3) is 5.76. The summed E-state index contributed by atoms with van der Waals surface area (Å²) < 4.78 is 25.2. The molecule has 8 nitrogen and oxygen atoms in total. The Balaban J connectivity index is 1.51. The van der Waals surface area contributed by atoms with E-state index in [9.17, 15) is 4.39 Å². The van der Waals surface area contributed by atoms with Gasteiger partial charge in [-0.1, -0.05) is 13.3 Å². The molecule has 1 unspecified atom stereocenters. The molecule has 1 saturated carbocycles. The van der Waals surface area contributed by atoms with Crippen molar-refractivity contribution < 1.29 is 13.9 Å². The van der Waals surface area contributed by atoms with Crippen LogP contribution in [0.4, 0.5) is 22.0 Å². The Kier molecular flexibility index (Phi) is 7.57. The van der Waals surface area contributed by atoms with Gasteiger partial charge in [0.15, 0.2) is 11.6 Å². The molecule has 0 radical (unpaired) electrons. The second-order valence-electron chi connectivity index (χ2n) is 8.42. The molecule has 4 rings (SSSR count). The van der Waals surface area contributed by atoms with Crippen molar-refractivity contribution in [2.24, 2.45) is 0 Å². The number of likely N-dealkylation sites (tertiary alicyclic amines) is 1. The van der Waals surface area contributed by atoms with Crippen molar-refractivity contribution in [3.8, 4) is 11.8 Å². The van der Waals surface area contributed by atoms with Crippen molar-refractivity contribution >= 4 is 17.6 Å². The molecule has 1 atom stereocenters. The third-order valence-electron chi connectivity index (χ3n) is 6.25. The van der Waals surface area contributed by atoms with Gasteiger partial charge in [0.2, 0.25) is 11.9 Å². The number of ether oxygens (including phenoxy) is 2. The van der Waals surface area contributed by atoms with Gasteiger partial charge in [0.05, 0.1) is 7.11 Å². The molecule has 32 heavy (non-hydrogen) atoms. The summed E-state index contributed by atoms with van der Waals surface area (Å²) in [6.45, 7) is 5.12. The molecule has 0 spiro atoms. The fraction of sp³-hybridized carbons (Fsp3) is 0.609. The number of hydrogen-bond acceptors (Lipinski definition) is 8. The van der Waals surface area contributed by atoms with Gasteiger partial charge in [-0.3, -0.25) is 4.90 Å². The van der Waals surface area contributed by atoms with Crippen LogP contribution >= 0.6 is 0 Å². The molecule has 0 amide bonds. The molecule has 1 aromatic heterocycles. The smallest absolute Gasteiger partial charge is 0.323 e. The largest absolute Gasteiger partial charge is 0.494 e. The van der Waals surface area contributed by atoms with E-state index in [1.807, 2.05) is 0 Å². The summed E-state index contributed by atoms with van der Waals surface area (Å²) >= 11 is 0. The lowest BCUT2D eigenvalue weighted by atomic mass is 9.98. The molecular formula is C23H33FN6O2. The molecule has 1 aliphatic heterocycles. The quantitative estimate of drug-likeness (QED) is 0.590. The number of nitrogens with one attached hydrogen (secondary N) is 2. The first-order valence-corrected chi connectivity index (χ1v) is 11.7. The van der Waals surface area contributed by atoms with Crippen LogP contribution in [0.5, 0.6) is 11.8 Å². The fourth-order valence-corrected chi connectivity index (χ4v) is 4.50. The first-order valence-electron chi connectivity index (χ1n) is 11.7. The van der Waals surface area contributed by atoms with Crippen LogP contribution in [-0.2, 0) is 0 Å². The maximum absolute atomic E-state index is 14.1. The molecule has 174 valence electrons. The van der Waals surface area contributed by atoms with Crippen LogP contribution in [0.25, 0.3) is 0 Å². The van der Waals surface area contributed by atoms with Gasteiger partial charge in [0, 0.05) is 24.3 Å². The van der Waals surface area contributed by atoms with E-state index < -0.39 is 5.82 Å². The van der Waals surface area contributed by atoms with Gasteiger partial charge in [-0.25, -0.2) is 4.39 Å². The summed E-state index contributed by atoms with van der Waals surface area (Å²) in [5, 5.41) is 6.44. The minimum absolute atomic E-state index is 0.121. The SMILES string of the molecule is CCN1CCCC1CNc1nc(Nc2ccc(OC)c(F)c2)nc(OC2CCCCC2)n1. The Labute approximate surface area is 188 Å². The van der Waals surface area contributed by atoms with Crippen LogP contribution in [0.15, 0.2) is 18.2 Å². The molecular weight excluding hydrogens is 411 g/mol. The predicted octanol–water partition coefficient (Wildman–Crippen LogP) is 4.37. The van der Waals surface area contributed by atoms with Crippen LogP contribution in [0.2, 0.25) is 0 Å². The Morgan fingerprint density at radius 2 is 1.88 bits per heavy atom. The first kappa shape index (κ1) is 22.5. The van der Waals surface area contributed by atoms with Gasteiger partial charge in [0.1, 0.15) is 6.10 Å². The van der Waals surface area contributed by atoms with Crippen LogP contribution < -0.4 is 20.1 Å². The summed E-state index contributed by atoms with van der Waals surface area (Å²) in [4.78, 5) is 15.9. The van der Waals surface area contributed by atoms with Crippen molar-refractivity contribution in [2.45, 2.75) is 64.0 Å². The van der Waals surface area contributed by atoms with Gasteiger partial charge >= 0.3 is 6.01 Å². The zero-order chi connectivity index (χ0) is 22.3. The number of anilines is 3. The topological polar surface area (TPSA) is 84.4 Å². The van der Waals surface area contributed by atoms with E-state index in [2.05, 4.69) is 37.4 Å². The second-order valence-corrected chi connectivity index (χ2v) is 8.42. The first-order chi connectivity index (χ1) is 15.6. The zero-order valence-electron chi connectivity index (χ0n) is 18.9. The van der Waals surface area contributed by atoms with Gasteiger partial charge in [0.25, 0.3) is 0 Å². The zero-order valence-corrected chi connectivity index (χ0v) is 18.9. The van der Waals surface area contributed by atoms with E-state index in [1.165, 1.54) is 26.0 Å². The Hall–Kier alpha value is -2.68. The molecule has 0 bridgehead atoms. The summed E-state index contributed by atoms with van der Waals surface area (Å²) in [5.41, 5.74) is 0.525. The second kappa shape index (κ2) is 10.8. The van der Waals surface area contributed by atoms with Crippen molar-refractivity contribution in [1.29, 1.82) is 0 Å². The number of halogens is 1. The third-order valence-corrected chi connectivity index (χ3v) is 6.25. The molecule has 1 aliphatic carbocycles. The average Bonchev–Trinajstić information content (AvgIpc) is 3.26. The number of nitrogens with zero attached hydrogens (tertiary/aromatic N) is 4. The van der Waals surface area contributed by atoms with E-state index in [1.54, 1.807) is 12.1 Å². The lowest BCUT2D eigenvalue weighted by Gasteiger charge is -2.24. The minimum atomic E-state index is -0.454. The van der Waals surface area contributed by atoms with Crippen molar-refractivity contribution in [1.82, 2.24) is 19.9 Å². The normalized spacial score (nSPS) is 19.7. The molecule has 1 aromatic carbocycles. The van der Waals surface area contributed by atoms with Gasteiger partial charge in [-0.2, -0.15) is 15.0 Å². The molecule has 2 heterocycles. The fourth-order valence-electron chi connectivity index (χ4n) is 4.50. The summed E-state index contributed by atoms with van der Waals surface area (Å²) in [6, 6.07) is 5.40. The lowest BCUT2D eigenvalue weighted by molar-refractivity contribution is 0.142. The number of aromatic nitrogens is 3. The summed E-state index contributed by atoms with van der Waals surface area (Å²) in [7, 11) is 1.44. The van der Waals surface area contributed by atoms with Gasteiger partial charge < -0.3 is 20.1 Å². The van der Waals surface area contributed by atoms with Crippen LogP contribution in [-0.4, -0.2) is 58.7 Å². The van der Waals surface area contributed by atoms with E-state index in [4.69, 9.17) is 9.47 Å². The molecule has 9 heteroatoms. The number of benzene rings is 1. The van der Waals surface area contributed by atoms with Crippen molar-refractivity contribution in [3.63, 3.8) is 0 Å². The summed E-state index contributed by atoms with van der Waals surface area (Å²) in [5.74, 6) is 0.512. The highest BCUT2D eigenvalue weighted by molar-refractivity contribution is 5.56. The highest BCUT2D eigenvalue weighted by atomic mass is 19.1. The van der Waals surface area contributed by atoms with Gasteiger partial charge in [-0.15, -0.1) is 0 Å². The number of rotatable bonds is 9. The van der Waals surface area contributed by atoms with Gasteiger partial charge in [-0.05, 0) is 63.7 Å². The van der Waals surface area contributed by atoms with Crippen LogP contribution in [0.3, 0.4) is 0 Å². The Morgan fingerprint density at radius 3 is 2.62 bits per heavy atom. The lowest BCUT2D eigenvalue weighted by Crippen LogP contribution is -2.35. The maximum Gasteiger partial charge on any atom is 0.323 e. The highest BCUT2D eigenvalue weighted by Gasteiger charge is 2.23. The standard InChI is InChI=1S/C23H33FN6O2/c1-3-30-13-7-8-17(30)15-25-21-27-22(26-16-11-12-20(31-2)19(24)14-16)29-23(28-21)32-18-9-5-4-6-10-18/h11-12,14,17-18H,3-10,13,15H2,1-2H3,(H2,25,26,27,28,29). The molecule has 1 saturated heterocycles. The maximum atomic E-state index is 14.1. The van der Waals surface area contributed by atoms with Crippen molar-refractivity contribution in [3.05, 3.63) is 24.0 Å². The average molecular weight is 445 g/mol. The molecule has 2 fully saturated rings. The minimum Gasteiger partial charge on any atom is -0.494 e. The van der Waals surface area contributed by atoms with Crippen LogP contribution in [0, 0.1) is 5.82 Å². The van der Waals surface area contributed by atoms with E-state index in [0.29, 0.717) is 29.6 Å². The van der Waals surface area contributed by atoms with E-state index in [-0.39, 0.29) is 11.9 Å². The molecule has 2 aromatic rings. The molecule has 2 N–H and O–H groups in total. The number of methoxy groups -OCH3 is 1. The van der Waals surface area contributed by atoms with E-state index >= 15 is 0 Å². The number of hydrogen-bond donors (Lipinski definition) is 2. The highest BCUT2D eigenvalue weighted by Crippen LogP contribution is 2.26. The monoisotopic (exact) mass is 444 g/mol. The number of likely N-dealkylation sites (N-methyl/N-ethyl adjacent to an activating group) is 1. The Bertz CT molecular complexity index is 893. The van der Waals surface area contributed by atoms with Crippen LogP contribution in [0.1, 0.15) is 51.9 Å². The van der Waals surface area contributed by atoms with E-state index in [0.717, 1.165) is 51.7 Å². The predicted molar refractivity (Wildman–Crippen MR) is 122 cm³/mol. The molecule has 2 aliphatic rings. The summed E-state index contributed by atoms with van der Waals surface area (Å²) in [6.07, 6.45) is 8.07. The Morgan fingerprint density at radius 1 is 1.06 bits per heavy atom.